The van der Waals surface area contributed by atoms with Gasteiger partial charge in [-0.2, -0.15) is 0 Å². The molecule has 4 nitrogen and oxygen atoms in total. The minimum Gasteiger partial charge on any atom is -0.463 e. The third-order valence-electron chi connectivity index (χ3n) is 1.90. The Kier molecular flexibility index (Phi) is 3.45. The molecule has 4 heteroatoms. The molecule has 2 N–H and O–H groups in total. The molecule has 13 heavy (non-hydrogen) atoms. The van der Waals surface area contributed by atoms with Crippen molar-refractivity contribution in [3.8, 4) is 0 Å². The van der Waals surface area contributed by atoms with Crippen molar-refractivity contribution < 1.29 is 19.7 Å². The Morgan fingerprint density at radius 3 is 2.92 bits per heavy atom. The van der Waals surface area contributed by atoms with Gasteiger partial charge in [-0.25, -0.2) is 4.79 Å². The Hall–Kier alpha value is -0.870. The van der Waals surface area contributed by atoms with E-state index in [0.717, 1.165) is 0 Å². The molecule has 0 unspecified atom stereocenters. The van der Waals surface area contributed by atoms with E-state index in [-0.39, 0.29) is 6.42 Å². The van der Waals surface area contributed by atoms with Crippen LogP contribution in [0.25, 0.3) is 0 Å². The number of aliphatic hydroxyl groups excluding tert-OH is 2. The first kappa shape index (κ1) is 10.2. The first-order chi connectivity index (χ1) is 6.13. The summed E-state index contributed by atoms with van der Waals surface area (Å²) >= 11 is 0. The number of carbonyl (C=O) groups excluding carboxylic acids is 1. The smallest absolute Gasteiger partial charge is 0.333 e. The number of hydrogen-bond donors (Lipinski definition) is 2. The van der Waals surface area contributed by atoms with Crippen LogP contribution in [0.3, 0.4) is 0 Å². The van der Waals surface area contributed by atoms with Crippen LogP contribution in [0.15, 0.2) is 11.6 Å². The lowest BCUT2D eigenvalue weighted by Gasteiger charge is -2.20. The molecule has 74 valence electrons. The van der Waals surface area contributed by atoms with Crippen LogP contribution in [-0.4, -0.2) is 35.0 Å². The summed E-state index contributed by atoms with van der Waals surface area (Å²) in [7, 11) is 0. The molecule has 0 saturated heterocycles. The standard InChI is InChI=1S/C9H14O4/c1-2-13-9(12)6-3-7(10)5-8(11)4-6/h3,7-8,10-11H,2,4-5H2,1H3/t7-,8-/m1/s1. The van der Waals surface area contributed by atoms with Gasteiger partial charge in [-0.05, 0) is 13.0 Å². The van der Waals surface area contributed by atoms with Crippen molar-refractivity contribution in [2.24, 2.45) is 0 Å². The second kappa shape index (κ2) is 4.39. The average Bonchev–Trinajstić information content (AvgIpc) is 2.03. The van der Waals surface area contributed by atoms with Gasteiger partial charge in [0.15, 0.2) is 0 Å². The molecule has 0 heterocycles. The minimum atomic E-state index is -0.733. The molecule has 1 aliphatic carbocycles. The maximum Gasteiger partial charge on any atom is 0.333 e. The summed E-state index contributed by atoms with van der Waals surface area (Å²) in [6.07, 6.45) is 0.645. The zero-order valence-electron chi connectivity index (χ0n) is 7.56. The summed E-state index contributed by atoms with van der Waals surface area (Å²) in [4.78, 5) is 11.2. The van der Waals surface area contributed by atoms with Crippen LogP contribution in [0, 0.1) is 0 Å². The van der Waals surface area contributed by atoms with Crippen molar-refractivity contribution >= 4 is 5.97 Å². The van der Waals surface area contributed by atoms with Crippen molar-refractivity contribution in [3.05, 3.63) is 11.6 Å². The predicted octanol–water partition coefficient (Wildman–Crippen LogP) is -0.00850. The fourth-order valence-electron chi connectivity index (χ4n) is 1.36. The highest BCUT2D eigenvalue weighted by molar-refractivity contribution is 5.88. The quantitative estimate of drug-likeness (QED) is 0.595. The van der Waals surface area contributed by atoms with Gasteiger partial charge in [0.05, 0.1) is 18.8 Å². The molecule has 0 fully saturated rings. The van der Waals surface area contributed by atoms with Gasteiger partial charge in [0.2, 0.25) is 0 Å². The largest absolute Gasteiger partial charge is 0.463 e. The summed E-state index contributed by atoms with van der Waals surface area (Å²) in [6.45, 7) is 2.02. The van der Waals surface area contributed by atoms with E-state index in [2.05, 4.69) is 0 Å². The maximum absolute atomic E-state index is 11.2. The van der Waals surface area contributed by atoms with E-state index in [4.69, 9.17) is 4.74 Å². The molecule has 1 rings (SSSR count). The van der Waals surface area contributed by atoms with Crippen molar-refractivity contribution in [3.63, 3.8) is 0 Å². The van der Waals surface area contributed by atoms with E-state index in [1.165, 1.54) is 6.08 Å². The first-order valence-corrected chi connectivity index (χ1v) is 4.37. The molecule has 0 radical (unpaired) electrons. The third kappa shape index (κ3) is 2.82. The van der Waals surface area contributed by atoms with Crippen LogP contribution in [-0.2, 0) is 9.53 Å². The molecule has 2 atom stereocenters. The van der Waals surface area contributed by atoms with Crippen LogP contribution in [0.2, 0.25) is 0 Å². The Morgan fingerprint density at radius 2 is 2.38 bits per heavy atom. The zero-order chi connectivity index (χ0) is 9.84. The molecule has 0 aliphatic heterocycles. The van der Waals surface area contributed by atoms with Crippen LogP contribution >= 0.6 is 0 Å². The fraction of sp³-hybridized carbons (Fsp3) is 0.667. The van der Waals surface area contributed by atoms with Crippen LogP contribution in [0.1, 0.15) is 19.8 Å². The van der Waals surface area contributed by atoms with Gasteiger partial charge < -0.3 is 14.9 Å². The van der Waals surface area contributed by atoms with E-state index in [9.17, 15) is 15.0 Å². The number of carbonyl (C=O) groups is 1. The molecule has 1 aliphatic rings. The molecule has 0 spiro atoms. The Balaban J connectivity index is 2.62. The highest BCUT2D eigenvalue weighted by atomic mass is 16.5. The monoisotopic (exact) mass is 186 g/mol. The van der Waals surface area contributed by atoms with Crippen molar-refractivity contribution in [2.45, 2.75) is 32.0 Å². The first-order valence-electron chi connectivity index (χ1n) is 4.37. The lowest BCUT2D eigenvalue weighted by molar-refractivity contribution is -0.139. The second-order valence-corrected chi connectivity index (χ2v) is 3.07. The van der Waals surface area contributed by atoms with Gasteiger partial charge in [-0.15, -0.1) is 0 Å². The fourth-order valence-corrected chi connectivity index (χ4v) is 1.36. The van der Waals surface area contributed by atoms with Crippen LogP contribution in [0.4, 0.5) is 0 Å². The zero-order valence-corrected chi connectivity index (χ0v) is 7.56. The van der Waals surface area contributed by atoms with E-state index in [1.807, 2.05) is 0 Å². The topological polar surface area (TPSA) is 66.8 Å². The molecule has 0 saturated carbocycles. The van der Waals surface area contributed by atoms with Gasteiger partial charge in [-0.3, -0.25) is 0 Å². The molecular weight excluding hydrogens is 172 g/mol. The second-order valence-electron chi connectivity index (χ2n) is 3.07. The maximum atomic E-state index is 11.2. The number of rotatable bonds is 2. The molecule has 0 amide bonds. The highest BCUT2D eigenvalue weighted by Crippen LogP contribution is 2.19. The summed E-state index contributed by atoms with van der Waals surface area (Å²) in [5.74, 6) is -0.444. The van der Waals surface area contributed by atoms with E-state index < -0.39 is 18.2 Å². The normalized spacial score (nSPS) is 28.1. The van der Waals surface area contributed by atoms with E-state index in [0.29, 0.717) is 18.6 Å². The number of hydrogen-bond acceptors (Lipinski definition) is 4. The summed E-state index contributed by atoms with van der Waals surface area (Å²) in [5.41, 5.74) is 0.369. The van der Waals surface area contributed by atoms with Crippen molar-refractivity contribution in [1.82, 2.24) is 0 Å². The Bertz CT molecular complexity index is 222. The van der Waals surface area contributed by atoms with Crippen LogP contribution in [0.5, 0.6) is 0 Å². The molecule has 0 aromatic heterocycles. The summed E-state index contributed by atoms with van der Waals surface area (Å²) < 4.78 is 4.75. The van der Waals surface area contributed by atoms with E-state index >= 15 is 0 Å². The van der Waals surface area contributed by atoms with E-state index in [1.54, 1.807) is 6.92 Å². The van der Waals surface area contributed by atoms with Crippen molar-refractivity contribution in [2.75, 3.05) is 6.61 Å². The number of ether oxygens (including phenoxy) is 1. The molecule has 0 bridgehead atoms. The summed E-state index contributed by atoms with van der Waals surface area (Å²) in [5, 5.41) is 18.5. The van der Waals surface area contributed by atoms with Gasteiger partial charge in [0.25, 0.3) is 0 Å². The third-order valence-corrected chi connectivity index (χ3v) is 1.90. The molecule has 0 aromatic rings. The lowest BCUT2D eigenvalue weighted by Crippen LogP contribution is -2.25. The number of aliphatic hydroxyl groups is 2. The Morgan fingerprint density at radius 1 is 1.69 bits per heavy atom. The lowest BCUT2D eigenvalue weighted by atomic mass is 9.95. The minimum absolute atomic E-state index is 0.274. The predicted molar refractivity (Wildman–Crippen MR) is 46.0 cm³/mol. The van der Waals surface area contributed by atoms with Crippen molar-refractivity contribution in [1.29, 1.82) is 0 Å². The Labute approximate surface area is 76.8 Å². The van der Waals surface area contributed by atoms with Gasteiger partial charge in [-0.1, -0.05) is 0 Å². The van der Waals surface area contributed by atoms with Gasteiger partial charge in [0.1, 0.15) is 0 Å². The number of esters is 1. The highest BCUT2D eigenvalue weighted by Gasteiger charge is 2.23. The molecule has 0 aromatic carbocycles. The average molecular weight is 186 g/mol. The SMILES string of the molecule is CCOC(=O)C1=C[C@@H](O)C[C@H](O)C1. The van der Waals surface area contributed by atoms with Crippen LogP contribution < -0.4 is 0 Å². The van der Waals surface area contributed by atoms with Gasteiger partial charge >= 0.3 is 5.97 Å². The molecular formula is C9H14O4. The summed E-state index contributed by atoms with van der Waals surface area (Å²) in [6, 6.07) is 0. The van der Waals surface area contributed by atoms with Gasteiger partial charge in [0, 0.05) is 18.4 Å².